The highest BCUT2D eigenvalue weighted by Crippen LogP contribution is 2.29. The Labute approximate surface area is 114 Å². The molecule has 2 nitrogen and oxygen atoms in total. The normalized spacial score (nSPS) is 12.4. The number of hydrogen-bond acceptors (Lipinski definition) is 4. The van der Waals surface area contributed by atoms with Gasteiger partial charge in [-0.1, -0.05) is 34.6 Å². The summed E-state index contributed by atoms with van der Waals surface area (Å²) in [6.45, 7) is 14.2. The molecule has 0 aromatic carbocycles. The molecular formula is C13H24N2S2. The molecule has 0 aliphatic rings. The first kappa shape index (κ1) is 15.0. The van der Waals surface area contributed by atoms with Crippen molar-refractivity contribution in [2.75, 3.05) is 0 Å². The molecule has 0 fully saturated rings. The maximum atomic E-state index is 4.65. The van der Waals surface area contributed by atoms with Crippen LogP contribution in [0.25, 0.3) is 0 Å². The molecule has 0 radical (unpaired) electrons. The third-order valence-electron chi connectivity index (χ3n) is 2.24. The van der Waals surface area contributed by atoms with Crippen LogP contribution in [0.4, 0.5) is 0 Å². The van der Waals surface area contributed by atoms with Crippen molar-refractivity contribution in [2.24, 2.45) is 0 Å². The van der Waals surface area contributed by atoms with Crippen molar-refractivity contribution in [3.05, 3.63) is 15.6 Å². The second-order valence-electron chi connectivity index (χ2n) is 5.55. The lowest BCUT2D eigenvalue weighted by Crippen LogP contribution is -2.21. The molecule has 4 heteroatoms. The van der Waals surface area contributed by atoms with Crippen LogP contribution >= 0.6 is 23.1 Å². The van der Waals surface area contributed by atoms with Crippen molar-refractivity contribution < 1.29 is 0 Å². The van der Waals surface area contributed by atoms with E-state index in [1.165, 1.54) is 15.6 Å². The first-order chi connectivity index (χ1) is 7.78. The average molecular weight is 272 g/mol. The van der Waals surface area contributed by atoms with E-state index in [0.717, 1.165) is 12.3 Å². The van der Waals surface area contributed by atoms with Gasteiger partial charge in [0.2, 0.25) is 0 Å². The van der Waals surface area contributed by atoms with Crippen LogP contribution in [0.3, 0.4) is 0 Å². The third-order valence-corrected chi connectivity index (χ3v) is 4.86. The van der Waals surface area contributed by atoms with Gasteiger partial charge in [-0.15, -0.1) is 23.1 Å². The maximum Gasteiger partial charge on any atom is 0.103 e. The molecule has 0 unspecified atom stereocenters. The monoisotopic (exact) mass is 272 g/mol. The third kappa shape index (κ3) is 5.89. The first-order valence-electron chi connectivity index (χ1n) is 6.10. The minimum Gasteiger partial charge on any atom is -0.310 e. The molecule has 1 heterocycles. The molecule has 0 amide bonds. The second kappa shape index (κ2) is 6.21. The minimum absolute atomic E-state index is 0.315. The fourth-order valence-electron chi connectivity index (χ4n) is 1.29. The molecular weight excluding hydrogens is 248 g/mol. The summed E-state index contributed by atoms with van der Waals surface area (Å²) in [5.41, 5.74) is 1.19. The van der Waals surface area contributed by atoms with Gasteiger partial charge in [0.05, 0.1) is 5.69 Å². The highest BCUT2D eigenvalue weighted by atomic mass is 32.2. The van der Waals surface area contributed by atoms with Gasteiger partial charge in [0, 0.05) is 28.0 Å². The minimum atomic E-state index is 0.315. The number of hydrogen-bond donors (Lipinski definition) is 1. The van der Waals surface area contributed by atoms with Crippen LogP contribution < -0.4 is 5.32 Å². The number of aromatic nitrogens is 1. The van der Waals surface area contributed by atoms with Crippen molar-refractivity contribution >= 4 is 23.1 Å². The lowest BCUT2D eigenvalue weighted by atomic mass is 10.3. The zero-order chi connectivity index (χ0) is 13.1. The Morgan fingerprint density at radius 1 is 1.35 bits per heavy atom. The van der Waals surface area contributed by atoms with Crippen molar-refractivity contribution in [3.8, 4) is 0 Å². The number of aryl methyl sites for hydroxylation is 1. The van der Waals surface area contributed by atoms with E-state index in [2.05, 4.69) is 51.8 Å². The molecule has 1 N–H and O–H groups in total. The molecule has 1 aromatic heterocycles. The summed E-state index contributed by atoms with van der Waals surface area (Å²) in [6, 6.07) is 0.531. The van der Waals surface area contributed by atoms with Crippen LogP contribution in [-0.2, 0) is 12.3 Å². The van der Waals surface area contributed by atoms with Gasteiger partial charge >= 0.3 is 0 Å². The second-order valence-corrected chi connectivity index (χ2v) is 8.52. The van der Waals surface area contributed by atoms with Gasteiger partial charge in [-0.2, -0.15) is 0 Å². The molecule has 0 bridgehead atoms. The van der Waals surface area contributed by atoms with Crippen molar-refractivity contribution in [2.45, 2.75) is 64.6 Å². The maximum absolute atomic E-state index is 4.65. The van der Waals surface area contributed by atoms with Crippen LogP contribution in [0.15, 0.2) is 0 Å². The Morgan fingerprint density at radius 2 is 2.00 bits per heavy atom. The fraction of sp³-hybridized carbons (Fsp3) is 0.769. The molecule has 0 atom stereocenters. The van der Waals surface area contributed by atoms with E-state index in [0.29, 0.717) is 10.8 Å². The first-order valence-corrected chi connectivity index (χ1v) is 7.90. The highest BCUT2D eigenvalue weighted by Gasteiger charge is 2.13. The quantitative estimate of drug-likeness (QED) is 0.877. The summed E-state index contributed by atoms with van der Waals surface area (Å²) >= 11 is 3.81. The Morgan fingerprint density at radius 3 is 2.53 bits per heavy atom. The van der Waals surface area contributed by atoms with E-state index in [4.69, 9.17) is 0 Å². The van der Waals surface area contributed by atoms with Crippen molar-refractivity contribution in [1.29, 1.82) is 0 Å². The molecule has 0 saturated carbocycles. The summed E-state index contributed by atoms with van der Waals surface area (Å²) < 4.78 is 0.315. The van der Waals surface area contributed by atoms with Gasteiger partial charge in [-0.3, -0.25) is 0 Å². The van der Waals surface area contributed by atoms with Crippen molar-refractivity contribution in [1.82, 2.24) is 10.3 Å². The van der Waals surface area contributed by atoms with Gasteiger partial charge < -0.3 is 5.32 Å². The Bertz CT molecular complexity index is 351. The lowest BCUT2D eigenvalue weighted by Gasteiger charge is -2.16. The fourth-order valence-corrected chi connectivity index (χ4v) is 3.14. The highest BCUT2D eigenvalue weighted by molar-refractivity contribution is 7.99. The van der Waals surface area contributed by atoms with Gasteiger partial charge in [0.1, 0.15) is 5.01 Å². The molecule has 98 valence electrons. The van der Waals surface area contributed by atoms with Crippen molar-refractivity contribution in [3.63, 3.8) is 0 Å². The van der Waals surface area contributed by atoms with Crippen LogP contribution in [0.1, 0.15) is 50.2 Å². The SMILES string of the molecule is Cc1nc(CSC(C)(C)C)sc1CNC(C)C. The molecule has 17 heavy (non-hydrogen) atoms. The number of thioether (sulfide) groups is 1. The van der Waals surface area contributed by atoms with Gasteiger partial charge in [-0.05, 0) is 6.92 Å². The standard InChI is InChI=1S/C13H24N2S2/c1-9(2)14-7-11-10(3)15-12(17-11)8-16-13(4,5)6/h9,14H,7-8H2,1-6H3. The van der Waals surface area contributed by atoms with Gasteiger partial charge in [0.25, 0.3) is 0 Å². The Kier molecular flexibility index (Phi) is 5.48. The molecule has 0 spiro atoms. The average Bonchev–Trinajstić information content (AvgIpc) is 2.52. The number of rotatable bonds is 5. The smallest absolute Gasteiger partial charge is 0.103 e. The van der Waals surface area contributed by atoms with Crippen LogP contribution in [-0.4, -0.2) is 15.8 Å². The lowest BCUT2D eigenvalue weighted by molar-refractivity contribution is 0.591. The van der Waals surface area contributed by atoms with Gasteiger partial charge in [0.15, 0.2) is 0 Å². The van der Waals surface area contributed by atoms with E-state index in [9.17, 15) is 0 Å². The summed E-state index contributed by atoms with van der Waals surface area (Å²) in [4.78, 5) is 6.03. The zero-order valence-electron chi connectivity index (χ0n) is 11.8. The largest absolute Gasteiger partial charge is 0.310 e. The number of nitrogens with one attached hydrogen (secondary N) is 1. The summed E-state index contributed by atoms with van der Waals surface area (Å²) in [5, 5.41) is 4.70. The van der Waals surface area contributed by atoms with Gasteiger partial charge in [-0.25, -0.2) is 4.98 Å². The molecule has 0 aliphatic carbocycles. The number of thiazole rings is 1. The summed E-state index contributed by atoms with van der Waals surface area (Å²) in [7, 11) is 0. The van der Waals surface area contributed by atoms with Crippen LogP contribution in [0.2, 0.25) is 0 Å². The topological polar surface area (TPSA) is 24.9 Å². The summed E-state index contributed by atoms with van der Waals surface area (Å²) in [5.74, 6) is 1.02. The molecule has 0 aliphatic heterocycles. The van der Waals surface area contributed by atoms with E-state index in [1.54, 1.807) is 0 Å². The predicted molar refractivity (Wildman–Crippen MR) is 79.9 cm³/mol. The Hall–Kier alpha value is -0.0600. The predicted octanol–water partition coefficient (Wildman–Crippen LogP) is 3.98. The van der Waals surface area contributed by atoms with Crippen LogP contribution in [0, 0.1) is 6.92 Å². The summed E-state index contributed by atoms with van der Waals surface area (Å²) in [6.07, 6.45) is 0. The zero-order valence-corrected chi connectivity index (χ0v) is 13.4. The van der Waals surface area contributed by atoms with E-state index in [1.807, 2.05) is 23.1 Å². The molecule has 0 saturated heterocycles. The number of nitrogens with zero attached hydrogens (tertiary/aromatic N) is 1. The molecule has 1 rings (SSSR count). The van der Waals surface area contributed by atoms with Crippen LogP contribution in [0.5, 0.6) is 0 Å². The Balaban J connectivity index is 2.55. The van der Waals surface area contributed by atoms with E-state index in [-0.39, 0.29) is 0 Å². The molecule has 1 aromatic rings. The van der Waals surface area contributed by atoms with E-state index >= 15 is 0 Å². The van der Waals surface area contributed by atoms with E-state index < -0.39 is 0 Å².